The quantitative estimate of drug-likeness (QED) is 0.733. The number of hydrogen-bond acceptors (Lipinski definition) is 5. The van der Waals surface area contributed by atoms with Crippen molar-refractivity contribution in [3.63, 3.8) is 0 Å². The maximum atomic E-state index is 13.1. The summed E-state index contributed by atoms with van der Waals surface area (Å²) in [4.78, 5) is 38.2. The fourth-order valence-corrected chi connectivity index (χ4v) is 3.71. The van der Waals surface area contributed by atoms with E-state index >= 15 is 0 Å². The molecular formula is C21H29N3O5. The second-order valence-corrected chi connectivity index (χ2v) is 8.33. The lowest BCUT2D eigenvalue weighted by Crippen LogP contribution is -2.43. The SMILES string of the molecule is CC(=O)OCCn1c(=O)n(C2CCN(C(=O)OC(C)(C)C)CC2)c2ccccc21. The second kappa shape index (κ2) is 8.31. The summed E-state index contributed by atoms with van der Waals surface area (Å²) in [5.74, 6) is -0.365. The molecule has 1 fully saturated rings. The summed E-state index contributed by atoms with van der Waals surface area (Å²) >= 11 is 0. The number of hydrogen-bond donors (Lipinski definition) is 0. The molecule has 1 aromatic heterocycles. The van der Waals surface area contributed by atoms with Crippen LogP contribution in [-0.4, -0.2) is 51.4 Å². The number of fused-ring (bicyclic) bond motifs is 1. The summed E-state index contributed by atoms with van der Waals surface area (Å²) in [6, 6.07) is 7.63. The van der Waals surface area contributed by atoms with Gasteiger partial charge < -0.3 is 14.4 Å². The first-order chi connectivity index (χ1) is 13.7. The number of amides is 1. The molecule has 0 radical (unpaired) electrons. The number of nitrogens with zero attached hydrogens (tertiary/aromatic N) is 3. The predicted octanol–water partition coefficient (Wildman–Crippen LogP) is 2.94. The maximum absolute atomic E-state index is 13.1. The molecule has 0 spiro atoms. The van der Waals surface area contributed by atoms with Crippen molar-refractivity contribution in [2.24, 2.45) is 0 Å². The first kappa shape index (κ1) is 21.0. The molecule has 0 aliphatic carbocycles. The number of rotatable bonds is 4. The molecule has 2 heterocycles. The van der Waals surface area contributed by atoms with Gasteiger partial charge >= 0.3 is 17.8 Å². The van der Waals surface area contributed by atoms with Crippen LogP contribution in [0.5, 0.6) is 0 Å². The highest BCUT2D eigenvalue weighted by atomic mass is 16.6. The number of benzene rings is 1. The van der Waals surface area contributed by atoms with Crippen LogP contribution < -0.4 is 5.69 Å². The lowest BCUT2D eigenvalue weighted by Gasteiger charge is -2.33. The number of imidazole rings is 1. The van der Waals surface area contributed by atoms with E-state index in [1.54, 1.807) is 9.47 Å². The van der Waals surface area contributed by atoms with E-state index < -0.39 is 5.60 Å². The van der Waals surface area contributed by atoms with Crippen molar-refractivity contribution in [2.75, 3.05) is 19.7 Å². The van der Waals surface area contributed by atoms with Crippen molar-refractivity contribution < 1.29 is 19.1 Å². The lowest BCUT2D eigenvalue weighted by atomic mass is 10.0. The number of ether oxygens (including phenoxy) is 2. The molecule has 0 unspecified atom stereocenters. The molecule has 1 aliphatic rings. The molecule has 0 bridgehead atoms. The third-order valence-electron chi connectivity index (χ3n) is 4.97. The van der Waals surface area contributed by atoms with Crippen LogP contribution in [0.4, 0.5) is 4.79 Å². The fourth-order valence-electron chi connectivity index (χ4n) is 3.71. The number of likely N-dealkylation sites (tertiary alicyclic amines) is 1. The van der Waals surface area contributed by atoms with Gasteiger partial charge in [-0.25, -0.2) is 9.59 Å². The number of para-hydroxylation sites is 2. The Kier molecular flexibility index (Phi) is 6.00. The Morgan fingerprint density at radius 3 is 2.31 bits per heavy atom. The van der Waals surface area contributed by atoms with Crippen LogP contribution in [0, 0.1) is 0 Å². The molecule has 158 valence electrons. The number of carbonyl (C=O) groups excluding carboxylic acids is 2. The van der Waals surface area contributed by atoms with Crippen LogP contribution in [-0.2, 0) is 20.8 Å². The van der Waals surface area contributed by atoms with Gasteiger partial charge in [0.1, 0.15) is 12.2 Å². The summed E-state index contributed by atoms with van der Waals surface area (Å²) in [5, 5.41) is 0. The van der Waals surface area contributed by atoms with Gasteiger partial charge in [0, 0.05) is 26.1 Å². The monoisotopic (exact) mass is 403 g/mol. The van der Waals surface area contributed by atoms with E-state index in [2.05, 4.69) is 0 Å². The van der Waals surface area contributed by atoms with Crippen molar-refractivity contribution in [2.45, 2.75) is 58.7 Å². The first-order valence-corrected chi connectivity index (χ1v) is 9.98. The molecule has 1 saturated heterocycles. The Bertz CT molecular complexity index is 945. The van der Waals surface area contributed by atoms with Gasteiger partial charge in [0.25, 0.3) is 0 Å². The zero-order valence-electron chi connectivity index (χ0n) is 17.5. The van der Waals surface area contributed by atoms with Gasteiger partial charge in [-0.2, -0.15) is 0 Å². The average Bonchev–Trinajstić information content (AvgIpc) is 2.92. The highest BCUT2D eigenvalue weighted by Gasteiger charge is 2.29. The number of esters is 1. The number of carbonyl (C=O) groups is 2. The van der Waals surface area contributed by atoms with Gasteiger partial charge in [-0.3, -0.25) is 13.9 Å². The largest absolute Gasteiger partial charge is 0.464 e. The number of aromatic nitrogens is 2. The minimum Gasteiger partial charge on any atom is -0.464 e. The van der Waals surface area contributed by atoms with E-state index in [-0.39, 0.29) is 30.4 Å². The van der Waals surface area contributed by atoms with Crippen LogP contribution in [0.15, 0.2) is 29.1 Å². The predicted molar refractivity (Wildman–Crippen MR) is 109 cm³/mol. The summed E-state index contributed by atoms with van der Waals surface area (Å²) in [7, 11) is 0. The van der Waals surface area contributed by atoms with Crippen LogP contribution in [0.2, 0.25) is 0 Å². The van der Waals surface area contributed by atoms with Gasteiger partial charge in [0.15, 0.2) is 0 Å². The van der Waals surface area contributed by atoms with E-state index in [9.17, 15) is 14.4 Å². The average molecular weight is 403 g/mol. The molecule has 2 aromatic rings. The van der Waals surface area contributed by atoms with Crippen LogP contribution in [0.1, 0.15) is 46.6 Å². The van der Waals surface area contributed by atoms with Crippen molar-refractivity contribution in [1.82, 2.24) is 14.0 Å². The Morgan fingerprint density at radius 1 is 1.10 bits per heavy atom. The summed E-state index contributed by atoms with van der Waals surface area (Å²) in [6.45, 7) is 8.44. The minimum atomic E-state index is -0.528. The molecule has 1 aliphatic heterocycles. The zero-order valence-corrected chi connectivity index (χ0v) is 17.5. The van der Waals surface area contributed by atoms with E-state index in [1.165, 1.54) is 6.92 Å². The Labute approximate surface area is 170 Å². The standard InChI is InChI=1S/C21H29N3O5/c1-15(25)28-14-13-23-17-7-5-6-8-18(17)24(19(23)26)16-9-11-22(12-10-16)20(27)29-21(2,3)4/h5-8,16H,9-14H2,1-4H3. The van der Waals surface area contributed by atoms with E-state index in [1.807, 2.05) is 49.6 Å². The fraction of sp³-hybridized carbons (Fsp3) is 0.571. The zero-order chi connectivity index (χ0) is 21.2. The lowest BCUT2D eigenvalue weighted by molar-refractivity contribution is -0.141. The van der Waals surface area contributed by atoms with E-state index in [0.717, 1.165) is 11.0 Å². The molecule has 8 nitrogen and oxygen atoms in total. The Morgan fingerprint density at radius 2 is 1.72 bits per heavy atom. The van der Waals surface area contributed by atoms with Gasteiger partial charge in [-0.1, -0.05) is 12.1 Å². The van der Waals surface area contributed by atoms with Crippen molar-refractivity contribution in [1.29, 1.82) is 0 Å². The Balaban J connectivity index is 1.79. The molecular weight excluding hydrogens is 374 g/mol. The molecule has 1 aromatic carbocycles. The summed E-state index contributed by atoms with van der Waals surface area (Å²) < 4.78 is 13.9. The van der Waals surface area contributed by atoms with Crippen molar-refractivity contribution >= 4 is 23.1 Å². The third-order valence-corrected chi connectivity index (χ3v) is 4.97. The third kappa shape index (κ3) is 4.81. The molecule has 3 rings (SSSR count). The molecule has 1 amide bonds. The molecule has 29 heavy (non-hydrogen) atoms. The summed E-state index contributed by atoms with van der Waals surface area (Å²) in [6.07, 6.45) is 1.04. The Hall–Kier alpha value is -2.77. The second-order valence-electron chi connectivity index (χ2n) is 8.33. The topological polar surface area (TPSA) is 82.8 Å². The minimum absolute atomic E-state index is 0.000984. The molecule has 0 atom stereocenters. The van der Waals surface area contributed by atoms with Crippen LogP contribution in [0.3, 0.4) is 0 Å². The van der Waals surface area contributed by atoms with Crippen molar-refractivity contribution in [3.05, 3.63) is 34.7 Å². The van der Waals surface area contributed by atoms with Crippen molar-refractivity contribution in [3.8, 4) is 0 Å². The van der Waals surface area contributed by atoms with Crippen LogP contribution >= 0.6 is 0 Å². The van der Waals surface area contributed by atoms with Gasteiger partial charge in [-0.05, 0) is 45.7 Å². The molecule has 0 saturated carbocycles. The van der Waals surface area contributed by atoms with Gasteiger partial charge in [0.2, 0.25) is 0 Å². The first-order valence-electron chi connectivity index (χ1n) is 9.98. The van der Waals surface area contributed by atoms with Crippen LogP contribution in [0.25, 0.3) is 11.0 Å². The normalized spacial score (nSPS) is 15.5. The molecule has 8 heteroatoms. The van der Waals surface area contributed by atoms with Gasteiger partial charge in [0.05, 0.1) is 17.6 Å². The number of piperidine rings is 1. The summed E-state index contributed by atoms with van der Waals surface area (Å²) in [5.41, 5.74) is 1.03. The van der Waals surface area contributed by atoms with E-state index in [4.69, 9.17) is 9.47 Å². The molecule has 0 N–H and O–H groups in total. The maximum Gasteiger partial charge on any atom is 0.410 e. The van der Waals surface area contributed by atoms with E-state index in [0.29, 0.717) is 32.5 Å². The highest BCUT2D eigenvalue weighted by Crippen LogP contribution is 2.26. The highest BCUT2D eigenvalue weighted by molar-refractivity contribution is 5.76. The smallest absolute Gasteiger partial charge is 0.410 e. The van der Waals surface area contributed by atoms with Gasteiger partial charge in [-0.15, -0.1) is 0 Å².